The van der Waals surface area contributed by atoms with Crippen molar-refractivity contribution in [2.75, 3.05) is 19.6 Å². The molecule has 2 amide bonds. The first kappa shape index (κ1) is 22.3. The number of rotatable bonds is 3. The first-order valence-electron chi connectivity index (χ1n) is 9.62. The molecule has 0 N–H and O–H groups in total. The van der Waals surface area contributed by atoms with E-state index in [2.05, 4.69) is 0 Å². The van der Waals surface area contributed by atoms with Gasteiger partial charge in [0.05, 0.1) is 6.04 Å². The second-order valence-corrected chi connectivity index (χ2v) is 9.89. The fraction of sp³-hybridized carbons (Fsp3) is 0.619. The molecule has 1 unspecified atom stereocenters. The number of carbonyl (C=O) groups is 2. The molecule has 2 rings (SSSR count). The topological polar surface area (TPSA) is 59.1 Å². The van der Waals surface area contributed by atoms with E-state index >= 15 is 0 Å². The summed E-state index contributed by atoms with van der Waals surface area (Å²) in [5.74, 6) is 0. The van der Waals surface area contributed by atoms with Gasteiger partial charge in [-0.3, -0.25) is 0 Å². The van der Waals surface area contributed by atoms with E-state index in [1.165, 1.54) is 0 Å². The fourth-order valence-electron chi connectivity index (χ4n) is 2.84. The Morgan fingerprint density at radius 1 is 1.11 bits per heavy atom. The van der Waals surface area contributed by atoms with Crippen molar-refractivity contribution in [3.8, 4) is 0 Å². The Balaban J connectivity index is 2.09. The summed E-state index contributed by atoms with van der Waals surface area (Å²) < 4.78 is 11.1. The van der Waals surface area contributed by atoms with Crippen molar-refractivity contribution < 1.29 is 19.1 Å². The summed E-state index contributed by atoms with van der Waals surface area (Å²) in [6, 6.07) is 3.88. The van der Waals surface area contributed by atoms with Gasteiger partial charge in [0.25, 0.3) is 0 Å². The number of hydrogen-bond acceptors (Lipinski definition) is 5. The molecular weight excluding hydrogens is 376 g/mol. The van der Waals surface area contributed by atoms with Crippen LogP contribution < -0.4 is 0 Å². The summed E-state index contributed by atoms with van der Waals surface area (Å²) in [5, 5.41) is 2.03. The third-order valence-corrected chi connectivity index (χ3v) is 4.83. The minimum Gasteiger partial charge on any atom is -0.444 e. The summed E-state index contributed by atoms with van der Waals surface area (Å²) in [6.45, 7) is 12.4. The van der Waals surface area contributed by atoms with Gasteiger partial charge in [-0.05, 0) is 65.5 Å². The maximum Gasteiger partial charge on any atom is 0.410 e. The first-order chi connectivity index (χ1) is 12.9. The third-order valence-electron chi connectivity index (χ3n) is 4.00. The number of amides is 2. The van der Waals surface area contributed by atoms with Crippen LogP contribution in [0, 0.1) is 0 Å². The monoisotopic (exact) mass is 408 g/mol. The van der Waals surface area contributed by atoms with E-state index in [1.54, 1.807) is 21.1 Å². The van der Waals surface area contributed by atoms with Crippen LogP contribution in [0.4, 0.5) is 9.59 Å². The van der Waals surface area contributed by atoms with Crippen LogP contribution >= 0.6 is 11.3 Å². The molecule has 2 heterocycles. The van der Waals surface area contributed by atoms with E-state index in [0.29, 0.717) is 26.1 Å². The summed E-state index contributed by atoms with van der Waals surface area (Å²) in [5.41, 5.74) is -1.11. The van der Waals surface area contributed by atoms with Gasteiger partial charge in [0.2, 0.25) is 0 Å². The van der Waals surface area contributed by atoms with Gasteiger partial charge < -0.3 is 19.3 Å². The van der Waals surface area contributed by atoms with E-state index in [0.717, 1.165) is 4.88 Å². The standard InChI is InChI=1S/C21H32N2O4S/c1-20(2,3)26-18(24)22-12-13-23(19(25)27-21(4,5)6)16(15-22)9-7-10-17-11-8-14-28-17/h7-8,10-11,14,16H,9,12-13,15H2,1-6H3/b10-7+. The zero-order chi connectivity index (χ0) is 20.9. The van der Waals surface area contributed by atoms with Crippen molar-refractivity contribution in [2.45, 2.75) is 65.2 Å². The van der Waals surface area contributed by atoms with Gasteiger partial charge >= 0.3 is 12.2 Å². The van der Waals surface area contributed by atoms with Crippen LogP contribution in [0.15, 0.2) is 23.6 Å². The molecule has 7 heteroatoms. The minimum atomic E-state index is -0.559. The van der Waals surface area contributed by atoms with Crippen LogP contribution in [0.3, 0.4) is 0 Å². The van der Waals surface area contributed by atoms with Gasteiger partial charge in [0.1, 0.15) is 11.2 Å². The summed E-state index contributed by atoms with van der Waals surface area (Å²) >= 11 is 1.66. The van der Waals surface area contributed by atoms with Crippen LogP contribution in [0.1, 0.15) is 52.8 Å². The zero-order valence-corrected chi connectivity index (χ0v) is 18.5. The van der Waals surface area contributed by atoms with Crippen LogP contribution in [0.25, 0.3) is 6.08 Å². The van der Waals surface area contributed by atoms with E-state index < -0.39 is 11.2 Å². The molecule has 0 saturated carbocycles. The molecule has 28 heavy (non-hydrogen) atoms. The molecule has 1 saturated heterocycles. The quantitative estimate of drug-likeness (QED) is 0.705. The predicted octanol–water partition coefficient (Wildman–Crippen LogP) is 5.01. The predicted molar refractivity (Wildman–Crippen MR) is 113 cm³/mol. The van der Waals surface area contributed by atoms with Gasteiger partial charge in [-0.15, -0.1) is 11.3 Å². The van der Waals surface area contributed by atoms with Crippen molar-refractivity contribution in [3.05, 3.63) is 28.5 Å². The Morgan fingerprint density at radius 3 is 2.32 bits per heavy atom. The molecular formula is C21H32N2O4S. The lowest BCUT2D eigenvalue weighted by atomic mass is 10.1. The van der Waals surface area contributed by atoms with Gasteiger partial charge in [0, 0.05) is 24.5 Å². The van der Waals surface area contributed by atoms with Gasteiger partial charge in [-0.2, -0.15) is 0 Å². The van der Waals surface area contributed by atoms with Crippen LogP contribution in [-0.2, 0) is 9.47 Å². The van der Waals surface area contributed by atoms with E-state index in [4.69, 9.17) is 9.47 Å². The van der Waals surface area contributed by atoms with Crippen molar-refractivity contribution in [3.63, 3.8) is 0 Å². The van der Waals surface area contributed by atoms with Gasteiger partial charge in [-0.25, -0.2) is 9.59 Å². The van der Waals surface area contributed by atoms with E-state index in [9.17, 15) is 9.59 Å². The molecule has 1 fully saturated rings. The lowest BCUT2D eigenvalue weighted by molar-refractivity contribution is -0.0142. The summed E-state index contributed by atoms with van der Waals surface area (Å²) in [7, 11) is 0. The maximum absolute atomic E-state index is 12.7. The van der Waals surface area contributed by atoms with Crippen molar-refractivity contribution >= 4 is 29.6 Å². The Labute approximate surface area is 172 Å². The second kappa shape index (κ2) is 8.99. The number of carbonyl (C=O) groups excluding carboxylic acids is 2. The fourth-order valence-corrected chi connectivity index (χ4v) is 3.48. The number of ether oxygens (including phenoxy) is 2. The molecule has 0 bridgehead atoms. The Kier molecular flexibility index (Phi) is 7.15. The van der Waals surface area contributed by atoms with E-state index in [1.807, 2.05) is 71.2 Å². The van der Waals surface area contributed by atoms with Crippen LogP contribution in [-0.4, -0.2) is 58.9 Å². The number of hydrogen-bond donors (Lipinski definition) is 0. The molecule has 156 valence electrons. The first-order valence-corrected chi connectivity index (χ1v) is 10.5. The average molecular weight is 409 g/mol. The van der Waals surface area contributed by atoms with Crippen LogP contribution in [0.2, 0.25) is 0 Å². The second-order valence-electron chi connectivity index (χ2n) is 8.91. The summed E-state index contributed by atoms with van der Waals surface area (Å²) in [6.07, 6.45) is 4.04. The molecule has 1 atom stereocenters. The molecule has 1 aromatic heterocycles. The van der Waals surface area contributed by atoms with E-state index in [-0.39, 0.29) is 18.2 Å². The Hall–Kier alpha value is -2.02. The normalized spacial score (nSPS) is 18.4. The Bertz CT molecular complexity index is 686. The molecule has 0 spiro atoms. The third kappa shape index (κ3) is 7.19. The molecule has 6 nitrogen and oxygen atoms in total. The number of nitrogens with zero attached hydrogens (tertiary/aromatic N) is 2. The zero-order valence-electron chi connectivity index (χ0n) is 17.7. The molecule has 0 aliphatic carbocycles. The summed E-state index contributed by atoms with van der Waals surface area (Å²) in [4.78, 5) is 29.7. The SMILES string of the molecule is CC(C)(C)OC(=O)N1CCN(C(=O)OC(C)(C)C)C(C/C=C/c2cccs2)C1. The lowest BCUT2D eigenvalue weighted by Gasteiger charge is -2.41. The van der Waals surface area contributed by atoms with Gasteiger partial charge in [-0.1, -0.05) is 12.1 Å². The Morgan fingerprint density at radius 2 is 1.75 bits per heavy atom. The number of thiophene rings is 1. The van der Waals surface area contributed by atoms with Crippen LogP contribution in [0.5, 0.6) is 0 Å². The molecule has 0 aromatic carbocycles. The lowest BCUT2D eigenvalue weighted by Crippen LogP contribution is -2.57. The highest BCUT2D eigenvalue weighted by atomic mass is 32.1. The minimum absolute atomic E-state index is 0.160. The van der Waals surface area contributed by atoms with Crippen molar-refractivity contribution in [2.24, 2.45) is 0 Å². The van der Waals surface area contributed by atoms with Crippen molar-refractivity contribution in [1.29, 1.82) is 0 Å². The smallest absolute Gasteiger partial charge is 0.410 e. The largest absolute Gasteiger partial charge is 0.444 e. The highest BCUT2D eigenvalue weighted by Crippen LogP contribution is 2.21. The average Bonchev–Trinajstić information content (AvgIpc) is 3.05. The van der Waals surface area contributed by atoms with Crippen molar-refractivity contribution in [1.82, 2.24) is 9.80 Å². The highest BCUT2D eigenvalue weighted by Gasteiger charge is 2.35. The van der Waals surface area contributed by atoms with Gasteiger partial charge in [0.15, 0.2) is 0 Å². The molecule has 1 aliphatic rings. The molecule has 1 aliphatic heterocycles. The molecule has 0 radical (unpaired) electrons. The highest BCUT2D eigenvalue weighted by molar-refractivity contribution is 7.10. The molecule has 1 aromatic rings. The number of piperazine rings is 1. The maximum atomic E-state index is 12.7.